The standard InChI is InChI=1S/C13H12FNO4S/c1-8-7-12(9(2)19-8)13(16)15-20(17,18)11-5-3-10(14)4-6-11/h3-7H,1-2H3,(H,15,16). The van der Waals surface area contributed by atoms with E-state index in [4.69, 9.17) is 4.42 Å². The summed E-state index contributed by atoms with van der Waals surface area (Å²) in [6, 6.07) is 5.63. The number of hydrogen-bond donors (Lipinski definition) is 1. The zero-order chi connectivity index (χ0) is 14.9. The zero-order valence-electron chi connectivity index (χ0n) is 10.8. The predicted octanol–water partition coefficient (Wildman–Crippen LogP) is 2.15. The van der Waals surface area contributed by atoms with Gasteiger partial charge in [0.25, 0.3) is 15.9 Å². The number of furan rings is 1. The lowest BCUT2D eigenvalue weighted by Gasteiger charge is -2.06. The molecule has 1 heterocycles. The molecule has 0 aliphatic heterocycles. The number of hydrogen-bond acceptors (Lipinski definition) is 4. The molecule has 0 saturated heterocycles. The minimum absolute atomic E-state index is 0.146. The molecule has 1 amide bonds. The van der Waals surface area contributed by atoms with E-state index in [2.05, 4.69) is 0 Å². The van der Waals surface area contributed by atoms with Crippen LogP contribution in [-0.2, 0) is 10.0 Å². The molecular formula is C13H12FNO4S. The summed E-state index contributed by atoms with van der Waals surface area (Å²) >= 11 is 0. The molecule has 5 nitrogen and oxygen atoms in total. The molecule has 0 bridgehead atoms. The molecule has 0 spiro atoms. The van der Waals surface area contributed by atoms with Crippen LogP contribution in [0.25, 0.3) is 0 Å². The smallest absolute Gasteiger partial charge is 0.268 e. The highest BCUT2D eigenvalue weighted by molar-refractivity contribution is 7.90. The van der Waals surface area contributed by atoms with Crippen molar-refractivity contribution in [1.29, 1.82) is 0 Å². The monoisotopic (exact) mass is 297 g/mol. The summed E-state index contributed by atoms with van der Waals surface area (Å²) in [5.74, 6) is -0.513. The fourth-order valence-corrected chi connectivity index (χ4v) is 2.67. The molecule has 1 aromatic heterocycles. The predicted molar refractivity (Wildman–Crippen MR) is 69.2 cm³/mol. The first-order chi connectivity index (χ1) is 9.29. The molecule has 0 radical (unpaired) electrons. The van der Waals surface area contributed by atoms with Crippen molar-refractivity contribution in [2.24, 2.45) is 0 Å². The summed E-state index contributed by atoms with van der Waals surface area (Å²) in [7, 11) is -4.04. The number of sulfonamides is 1. The molecule has 0 atom stereocenters. The van der Waals surface area contributed by atoms with E-state index in [0.29, 0.717) is 11.5 Å². The van der Waals surface area contributed by atoms with E-state index in [1.165, 1.54) is 6.07 Å². The first kappa shape index (κ1) is 14.3. The van der Waals surface area contributed by atoms with E-state index in [9.17, 15) is 17.6 Å². The molecule has 106 valence electrons. The number of benzene rings is 1. The Morgan fingerprint density at radius 2 is 1.80 bits per heavy atom. The van der Waals surface area contributed by atoms with Gasteiger partial charge in [0.2, 0.25) is 0 Å². The van der Waals surface area contributed by atoms with Gasteiger partial charge in [-0.2, -0.15) is 0 Å². The normalized spacial score (nSPS) is 11.3. The molecule has 0 saturated carbocycles. The van der Waals surface area contributed by atoms with Crippen molar-refractivity contribution in [1.82, 2.24) is 4.72 Å². The Bertz CT molecular complexity index is 747. The van der Waals surface area contributed by atoms with Crippen molar-refractivity contribution in [2.45, 2.75) is 18.7 Å². The lowest BCUT2D eigenvalue weighted by molar-refractivity contribution is 0.0980. The molecule has 7 heteroatoms. The Morgan fingerprint density at radius 1 is 1.20 bits per heavy atom. The molecule has 1 aromatic carbocycles. The number of halogens is 1. The second-order valence-electron chi connectivity index (χ2n) is 4.22. The molecule has 2 aromatic rings. The van der Waals surface area contributed by atoms with Gasteiger partial charge in [-0.3, -0.25) is 4.79 Å². The van der Waals surface area contributed by atoms with Crippen LogP contribution >= 0.6 is 0 Å². The lowest BCUT2D eigenvalue weighted by atomic mass is 10.2. The van der Waals surface area contributed by atoms with Gasteiger partial charge in [-0.25, -0.2) is 17.5 Å². The SMILES string of the molecule is Cc1cc(C(=O)NS(=O)(=O)c2ccc(F)cc2)c(C)o1. The van der Waals surface area contributed by atoms with Gasteiger partial charge in [-0.15, -0.1) is 0 Å². The zero-order valence-corrected chi connectivity index (χ0v) is 11.6. The van der Waals surface area contributed by atoms with Crippen molar-refractivity contribution in [2.75, 3.05) is 0 Å². The number of nitrogens with one attached hydrogen (secondary N) is 1. The van der Waals surface area contributed by atoms with Crippen molar-refractivity contribution in [3.05, 3.63) is 53.2 Å². The van der Waals surface area contributed by atoms with Gasteiger partial charge < -0.3 is 4.42 Å². The maximum Gasteiger partial charge on any atom is 0.268 e. The van der Waals surface area contributed by atoms with Crippen LogP contribution in [0.5, 0.6) is 0 Å². The lowest BCUT2D eigenvalue weighted by Crippen LogP contribution is -2.30. The Morgan fingerprint density at radius 3 is 2.30 bits per heavy atom. The van der Waals surface area contributed by atoms with Crippen molar-refractivity contribution < 1.29 is 22.0 Å². The van der Waals surface area contributed by atoms with E-state index in [0.717, 1.165) is 24.3 Å². The highest BCUT2D eigenvalue weighted by Gasteiger charge is 2.21. The Kier molecular flexibility index (Phi) is 3.63. The second-order valence-corrected chi connectivity index (χ2v) is 5.90. The molecular weight excluding hydrogens is 285 g/mol. The van der Waals surface area contributed by atoms with E-state index in [1.807, 2.05) is 4.72 Å². The first-order valence-corrected chi connectivity index (χ1v) is 7.17. The summed E-state index contributed by atoms with van der Waals surface area (Å²) in [6.07, 6.45) is 0. The fourth-order valence-electron chi connectivity index (χ4n) is 1.71. The third-order valence-electron chi connectivity index (χ3n) is 2.64. The average Bonchev–Trinajstić information content (AvgIpc) is 2.68. The van der Waals surface area contributed by atoms with Crippen molar-refractivity contribution in [3.8, 4) is 0 Å². The minimum atomic E-state index is -4.04. The first-order valence-electron chi connectivity index (χ1n) is 5.69. The van der Waals surface area contributed by atoms with E-state index >= 15 is 0 Å². The largest absolute Gasteiger partial charge is 0.466 e. The van der Waals surface area contributed by atoms with Crippen LogP contribution in [0, 0.1) is 19.7 Å². The number of carbonyl (C=O) groups is 1. The number of rotatable bonds is 3. The van der Waals surface area contributed by atoms with Crippen LogP contribution in [0.15, 0.2) is 39.6 Å². The van der Waals surface area contributed by atoms with Crippen LogP contribution in [-0.4, -0.2) is 14.3 Å². The Hall–Kier alpha value is -2.15. The third kappa shape index (κ3) is 2.88. The number of carbonyl (C=O) groups excluding carboxylic acids is 1. The van der Waals surface area contributed by atoms with Crippen LogP contribution in [0.2, 0.25) is 0 Å². The van der Waals surface area contributed by atoms with Crippen LogP contribution in [0.3, 0.4) is 0 Å². The summed E-state index contributed by atoms with van der Waals surface area (Å²) in [4.78, 5) is 11.7. The second kappa shape index (κ2) is 5.09. The van der Waals surface area contributed by atoms with Gasteiger partial charge in [-0.05, 0) is 44.2 Å². The summed E-state index contributed by atoms with van der Waals surface area (Å²) < 4.78 is 43.8. The topological polar surface area (TPSA) is 76.4 Å². The summed E-state index contributed by atoms with van der Waals surface area (Å²) in [5, 5.41) is 0. The minimum Gasteiger partial charge on any atom is -0.466 e. The Labute approximate surface area is 115 Å². The highest BCUT2D eigenvalue weighted by atomic mass is 32.2. The maximum absolute atomic E-state index is 12.8. The van der Waals surface area contributed by atoms with Gasteiger partial charge in [0.1, 0.15) is 17.3 Å². The molecule has 0 unspecified atom stereocenters. The molecule has 2 rings (SSSR count). The van der Waals surface area contributed by atoms with Gasteiger partial charge in [-0.1, -0.05) is 0 Å². The Balaban J connectivity index is 2.26. The average molecular weight is 297 g/mol. The molecule has 20 heavy (non-hydrogen) atoms. The van der Waals surface area contributed by atoms with Gasteiger partial charge in [0.05, 0.1) is 10.5 Å². The summed E-state index contributed by atoms with van der Waals surface area (Å²) in [6.45, 7) is 3.21. The molecule has 0 fully saturated rings. The van der Waals surface area contributed by atoms with Crippen molar-refractivity contribution >= 4 is 15.9 Å². The van der Waals surface area contributed by atoms with Gasteiger partial charge >= 0.3 is 0 Å². The fraction of sp³-hybridized carbons (Fsp3) is 0.154. The van der Waals surface area contributed by atoms with E-state index in [1.54, 1.807) is 13.8 Å². The van der Waals surface area contributed by atoms with Crippen LogP contribution in [0.1, 0.15) is 21.9 Å². The molecule has 0 aliphatic rings. The van der Waals surface area contributed by atoms with Crippen LogP contribution < -0.4 is 4.72 Å². The van der Waals surface area contributed by atoms with E-state index < -0.39 is 21.7 Å². The number of aryl methyl sites for hydroxylation is 2. The van der Waals surface area contributed by atoms with Gasteiger partial charge in [0.15, 0.2) is 0 Å². The maximum atomic E-state index is 12.8. The highest BCUT2D eigenvalue weighted by Crippen LogP contribution is 2.15. The van der Waals surface area contributed by atoms with Gasteiger partial charge in [0, 0.05) is 0 Å². The molecule has 1 N–H and O–H groups in total. The number of amides is 1. The third-order valence-corrected chi connectivity index (χ3v) is 3.98. The van der Waals surface area contributed by atoms with E-state index in [-0.39, 0.29) is 10.5 Å². The molecule has 0 aliphatic carbocycles. The van der Waals surface area contributed by atoms with Crippen molar-refractivity contribution in [3.63, 3.8) is 0 Å². The van der Waals surface area contributed by atoms with Crippen LogP contribution in [0.4, 0.5) is 4.39 Å². The quantitative estimate of drug-likeness (QED) is 0.941. The summed E-state index contributed by atoms with van der Waals surface area (Å²) in [5.41, 5.74) is 0.146.